The van der Waals surface area contributed by atoms with E-state index in [1.54, 1.807) is 0 Å². The van der Waals surface area contributed by atoms with E-state index in [4.69, 9.17) is 4.74 Å². The van der Waals surface area contributed by atoms with Gasteiger partial charge >= 0.3 is 0 Å². The van der Waals surface area contributed by atoms with Gasteiger partial charge in [-0.05, 0) is 43.1 Å². The SMILES string of the molecule is CCCCCCNCc1cccc(OCc2cccc(C)c2)c1. The summed E-state index contributed by atoms with van der Waals surface area (Å²) in [6.07, 6.45) is 5.21. The monoisotopic (exact) mass is 311 g/mol. The van der Waals surface area contributed by atoms with Crippen LogP contribution in [0.4, 0.5) is 0 Å². The first kappa shape index (κ1) is 17.6. The molecule has 124 valence electrons. The molecule has 0 saturated heterocycles. The number of nitrogens with one attached hydrogen (secondary N) is 1. The lowest BCUT2D eigenvalue weighted by molar-refractivity contribution is 0.306. The summed E-state index contributed by atoms with van der Waals surface area (Å²) in [4.78, 5) is 0. The molecule has 0 aliphatic heterocycles. The molecule has 0 aromatic heterocycles. The van der Waals surface area contributed by atoms with Gasteiger partial charge in [0.2, 0.25) is 0 Å². The number of aryl methyl sites for hydroxylation is 1. The molecule has 23 heavy (non-hydrogen) atoms. The summed E-state index contributed by atoms with van der Waals surface area (Å²) in [5.41, 5.74) is 3.76. The molecule has 0 spiro atoms. The summed E-state index contributed by atoms with van der Waals surface area (Å²) in [7, 11) is 0. The summed E-state index contributed by atoms with van der Waals surface area (Å²) in [5.74, 6) is 0.941. The fourth-order valence-corrected chi connectivity index (χ4v) is 2.62. The molecule has 2 heteroatoms. The molecule has 0 amide bonds. The van der Waals surface area contributed by atoms with Crippen molar-refractivity contribution < 1.29 is 4.74 Å². The van der Waals surface area contributed by atoms with Crippen molar-refractivity contribution in [2.45, 2.75) is 52.7 Å². The minimum absolute atomic E-state index is 0.621. The number of ether oxygens (including phenoxy) is 1. The zero-order valence-corrected chi connectivity index (χ0v) is 14.5. The van der Waals surface area contributed by atoms with Crippen LogP contribution in [0.25, 0.3) is 0 Å². The second-order valence-electron chi connectivity index (χ2n) is 6.16. The maximum atomic E-state index is 5.92. The third kappa shape index (κ3) is 6.87. The molecule has 0 aliphatic rings. The van der Waals surface area contributed by atoms with Crippen molar-refractivity contribution in [3.05, 3.63) is 65.2 Å². The van der Waals surface area contributed by atoms with Gasteiger partial charge in [0.25, 0.3) is 0 Å². The lowest BCUT2D eigenvalue weighted by Crippen LogP contribution is -2.14. The van der Waals surface area contributed by atoms with E-state index in [0.717, 1.165) is 18.8 Å². The molecule has 2 nitrogen and oxygen atoms in total. The smallest absolute Gasteiger partial charge is 0.120 e. The van der Waals surface area contributed by atoms with Gasteiger partial charge in [0.05, 0.1) is 0 Å². The van der Waals surface area contributed by atoms with Gasteiger partial charge in [-0.3, -0.25) is 0 Å². The Morgan fingerprint density at radius 1 is 0.913 bits per heavy atom. The largest absolute Gasteiger partial charge is 0.489 e. The van der Waals surface area contributed by atoms with Gasteiger partial charge in [-0.2, -0.15) is 0 Å². The van der Waals surface area contributed by atoms with E-state index in [1.165, 1.54) is 42.4 Å². The summed E-state index contributed by atoms with van der Waals surface area (Å²) < 4.78 is 5.92. The van der Waals surface area contributed by atoms with Crippen molar-refractivity contribution in [3.63, 3.8) is 0 Å². The highest BCUT2D eigenvalue weighted by Gasteiger charge is 1.99. The number of hydrogen-bond acceptors (Lipinski definition) is 2. The van der Waals surface area contributed by atoms with Gasteiger partial charge in [0, 0.05) is 6.54 Å². The fourth-order valence-electron chi connectivity index (χ4n) is 2.62. The van der Waals surface area contributed by atoms with E-state index in [2.05, 4.69) is 61.6 Å². The quantitative estimate of drug-likeness (QED) is 0.606. The van der Waals surface area contributed by atoms with Crippen LogP contribution in [0.5, 0.6) is 5.75 Å². The van der Waals surface area contributed by atoms with Gasteiger partial charge in [-0.15, -0.1) is 0 Å². The van der Waals surface area contributed by atoms with Crippen LogP contribution in [0.3, 0.4) is 0 Å². The Morgan fingerprint density at radius 3 is 2.57 bits per heavy atom. The second kappa shape index (κ2) is 10.1. The van der Waals surface area contributed by atoms with Crippen LogP contribution in [0, 0.1) is 6.92 Å². The predicted molar refractivity (Wildman–Crippen MR) is 97.8 cm³/mol. The van der Waals surface area contributed by atoms with Crippen molar-refractivity contribution >= 4 is 0 Å². The molecule has 2 aromatic carbocycles. The Balaban J connectivity index is 1.75. The maximum Gasteiger partial charge on any atom is 0.120 e. The number of hydrogen-bond donors (Lipinski definition) is 1. The second-order valence-corrected chi connectivity index (χ2v) is 6.16. The van der Waals surface area contributed by atoms with Crippen LogP contribution in [-0.4, -0.2) is 6.54 Å². The Bertz CT molecular complexity index is 580. The van der Waals surface area contributed by atoms with Crippen molar-refractivity contribution in [1.82, 2.24) is 5.32 Å². The van der Waals surface area contributed by atoms with Gasteiger partial charge < -0.3 is 10.1 Å². The molecule has 0 heterocycles. The molecule has 0 fully saturated rings. The van der Waals surface area contributed by atoms with Crippen LogP contribution < -0.4 is 10.1 Å². The van der Waals surface area contributed by atoms with Crippen LogP contribution in [-0.2, 0) is 13.2 Å². The van der Waals surface area contributed by atoms with E-state index >= 15 is 0 Å². The molecule has 0 radical (unpaired) electrons. The standard InChI is InChI=1S/C21H29NO/c1-3-4-5-6-13-22-16-19-10-8-12-21(15-19)23-17-20-11-7-9-18(2)14-20/h7-12,14-15,22H,3-6,13,16-17H2,1-2H3. The molecule has 2 aromatic rings. The number of rotatable bonds is 10. The van der Waals surface area contributed by atoms with Crippen molar-refractivity contribution in [2.24, 2.45) is 0 Å². The van der Waals surface area contributed by atoms with Crippen molar-refractivity contribution in [3.8, 4) is 5.75 Å². The van der Waals surface area contributed by atoms with Crippen LogP contribution >= 0.6 is 0 Å². The lowest BCUT2D eigenvalue weighted by atomic mass is 10.1. The first-order valence-electron chi connectivity index (χ1n) is 8.76. The summed E-state index contributed by atoms with van der Waals surface area (Å²) >= 11 is 0. The third-order valence-electron chi connectivity index (χ3n) is 3.92. The minimum Gasteiger partial charge on any atom is -0.489 e. The molecule has 0 bridgehead atoms. The highest BCUT2D eigenvalue weighted by atomic mass is 16.5. The Morgan fingerprint density at radius 2 is 1.74 bits per heavy atom. The predicted octanol–water partition coefficient (Wildman–Crippen LogP) is 5.24. The minimum atomic E-state index is 0.621. The van der Waals surface area contributed by atoms with E-state index in [-0.39, 0.29) is 0 Å². The molecule has 2 rings (SSSR count). The Labute approximate surface area is 140 Å². The summed E-state index contributed by atoms with van der Waals surface area (Å²) in [5, 5.41) is 3.51. The van der Waals surface area contributed by atoms with Gasteiger partial charge in [0.1, 0.15) is 12.4 Å². The van der Waals surface area contributed by atoms with E-state index in [1.807, 2.05) is 6.07 Å². The molecule has 0 unspecified atom stereocenters. The molecule has 1 N–H and O–H groups in total. The van der Waals surface area contributed by atoms with E-state index < -0.39 is 0 Å². The summed E-state index contributed by atoms with van der Waals surface area (Å²) in [6, 6.07) is 16.8. The van der Waals surface area contributed by atoms with Gasteiger partial charge in [-0.25, -0.2) is 0 Å². The molecular formula is C21H29NO. The number of benzene rings is 2. The van der Waals surface area contributed by atoms with Crippen LogP contribution in [0.1, 0.15) is 49.3 Å². The first-order valence-corrected chi connectivity index (χ1v) is 8.76. The van der Waals surface area contributed by atoms with Gasteiger partial charge in [0.15, 0.2) is 0 Å². The molecule has 0 saturated carbocycles. The normalized spacial score (nSPS) is 10.7. The number of unbranched alkanes of at least 4 members (excludes halogenated alkanes) is 3. The van der Waals surface area contributed by atoms with E-state index in [9.17, 15) is 0 Å². The fraction of sp³-hybridized carbons (Fsp3) is 0.429. The summed E-state index contributed by atoms with van der Waals surface area (Å²) in [6.45, 7) is 6.98. The van der Waals surface area contributed by atoms with Crippen molar-refractivity contribution in [2.75, 3.05) is 6.54 Å². The Hall–Kier alpha value is -1.80. The van der Waals surface area contributed by atoms with E-state index in [0.29, 0.717) is 6.61 Å². The average molecular weight is 311 g/mol. The van der Waals surface area contributed by atoms with Crippen molar-refractivity contribution in [1.29, 1.82) is 0 Å². The van der Waals surface area contributed by atoms with Crippen LogP contribution in [0.2, 0.25) is 0 Å². The third-order valence-corrected chi connectivity index (χ3v) is 3.92. The lowest BCUT2D eigenvalue weighted by Gasteiger charge is -2.09. The highest BCUT2D eigenvalue weighted by molar-refractivity contribution is 5.29. The zero-order chi connectivity index (χ0) is 16.3. The van der Waals surface area contributed by atoms with Crippen LogP contribution in [0.15, 0.2) is 48.5 Å². The van der Waals surface area contributed by atoms with Gasteiger partial charge in [-0.1, -0.05) is 68.1 Å². The topological polar surface area (TPSA) is 21.3 Å². The molecule has 0 aliphatic carbocycles. The molecule has 0 atom stereocenters. The maximum absolute atomic E-state index is 5.92. The Kier molecular flexibility index (Phi) is 7.68. The average Bonchev–Trinajstić information content (AvgIpc) is 2.57. The first-order chi connectivity index (χ1) is 11.3. The highest BCUT2D eigenvalue weighted by Crippen LogP contribution is 2.15. The molecular weight excluding hydrogens is 282 g/mol. The zero-order valence-electron chi connectivity index (χ0n) is 14.5.